The Balaban J connectivity index is 0.000000133. The van der Waals surface area contributed by atoms with E-state index >= 15 is 0 Å². The number of hydrogen-bond donors (Lipinski definition) is 0. The number of fused-ring (bicyclic) bond motifs is 14. The van der Waals surface area contributed by atoms with Gasteiger partial charge in [-0.25, -0.2) is 0 Å². The fraction of sp³-hybridized carbons (Fsp3) is 0. The number of ether oxygens (including phenoxy) is 4. The lowest BCUT2D eigenvalue weighted by molar-refractivity contribution is 0.464. The van der Waals surface area contributed by atoms with Crippen LogP contribution in [0.3, 0.4) is 0 Å². The van der Waals surface area contributed by atoms with Crippen LogP contribution in [0.15, 0.2) is 352 Å². The monoisotopic (exact) mass is 1300 g/mol. The second-order valence-corrected chi connectivity index (χ2v) is 27.2. The molecule has 4 nitrogen and oxygen atoms in total. The van der Waals surface area contributed by atoms with Crippen molar-refractivity contribution in [2.75, 3.05) is 0 Å². The molecule has 0 atom stereocenters. The standard InChI is InChI=1S/2C48H29BO2/c1-2-12-31(13-3-1)46-36-14-4-6-16-38(36)47(39-17-7-5-15-37(39)46)33-25-23-30-22-24-32(26-34(30)27-33)35-28-44-48-45(29-35)51-43-21-11-9-19-41(43)49(48)40-18-8-10-20-42(40)50-44;1-2-12-30(13-3-1)46-36-14-4-6-16-38(36)47(39-17-7-5-15-37(39)46)34-25-24-31-26-33(23-22-32(31)27-34)35-28-44-48-45(29-35)51-43-21-11-9-19-41(43)49(48)40-18-8-10-20-42(40)50-44/h2*1-29H. The molecule has 4 heterocycles. The number of rotatable bonds is 6. The van der Waals surface area contributed by atoms with E-state index in [0.29, 0.717) is 0 Å². The van der Waals surface area contributed by atoms with Crippen LogP contribution in [0.1, 0.15) is 0 Å². The van der Waals surface area contributed by atoms with Crippen LogP contribution in [-0.2, 0) is 0 Å². The molecule has 0 unspecified atom stereocenters. The molecule has 18 aromatic carbocycles. The molecule has 472 valence electrons. The lowest BCUT2D eigenvalue weighted by atomic mass is 9.35. The van der Waals surface area contributed by atoms with E-state index in [1.807, 2.05) is 24.3 Å². The van der Waals surface area contributed by atoms with Crippen LogP contribution in [0.2, 0.25) is 0 Å². The Kier molecular flexibility index (Phi) is 13.2. The summed E-state index contributed by atoms with van der Waals surface area (Å²) in [5.41, 5.74) is 21.2. The van der Waals surface area contributed by atoms with Crippen molar-refractivity contribution in [3.8, 4) is 113 Å². The van der Waals surface area contributed by atoms with Crippen molar-refractivity contribution in [2.24, 2.45) is 0 Å². The van der Waals surface area contributed by atoms with Gasteiger partial charge in [-0.1, -0.05) is 279 Å². The molecule has 0 aromatic heterocycles. The molecule has 22 rings (SSSR count). The van der Waals surface area contributed by atoms with E-state index in [1.165, 1.54) is 131 Å². The van der Waals surface area contributed by atoms with Gasteiger partial charge in [0.15, 0.2) is 0 Å². The van der Waals surface area contributed by atoms with Crippen molar-refractivity contribution in [1.29, 1.82) is 0 Å². The zero-order chi connectivity index (χ0) is 66.9. The quantitative estimate of drug-likeness (QED) is 0.123. The van der Waals surface area contributed by atoms with Gasteiger partial charge in [-0.15, -0.1) is 0 Å². The van der Waals surface area contributed by atoms with E-state index in [1.54, 1.807) is 0 Å². The topological polar surface area (TPSA) is 36.9 Å². The van der Waals surface area contributed by atoms with Gasteiger partial charge in [-0.3, -0.25) is 0 Å². The Morgan fingerprint density at radius 1 is 0.157 bits per heavy atom. The Morgan fingerprint density at radius 2 is 0.402 bits per heavy atom. The summed E-state index contributed by atoms with van der Waals surface area (Å²) in [6.07, 6.45) is 0. The van der Waals surface area contributed by atoms with Crippen LogP contribution in [0.5, 0.6) is 46.0 Å². The van der Waals surface area contributed by atoms with Gasteiger partial charge in [0.1, 0.15) is 46.0 Å². The van der Waals surface area contributed by atoms with E-state index in [4.69, 9.17) is 18.9 Å². The Bertz CT molecular complexity index is 6290. The third-order valence-electron chi connectivity index (χ3n) is 21.5. The molecule has 6 heteroatoms. The van der Waals surface area contributed by atoms with E-state index in [-0.39, 0.29) is 13.4 Å². The van der Waals surface area contributed by atoms with Crippen molar-refractivity contribution >= 4 is 111 Å². The first-order valence-corrected chi connectivity index (χ1v) is 35.1. The maximum atomic E-state index is 6.61. The van der Waals surface area contributed by atoms with Crippen LogP contribution >= 0.6 is 0 Å². The van der Waals surface area contributed by atoms with Crippen molar-refractivity contribution in [3.63, 3.8) is 0 Å². The highest BCUT2D eigenvalue weighted by Gasteiger charge is 2.42. The second kappa shape index (κ2) is 23.2. The van der Waals surface area contributed by atoms with Gasteiger partial charge in [-0.2, -0.15) is 0 Å². The highest BCUT2D eigenvalue weighted by molar-refractivity contribution is 6.99. The number of para-hydroxylation sites is 4. The minimum atomic E-state index is 0.0658. The van der Waals surface area contributed by atoms with Crippen molar-refractivity contribution in [2.45, 2.75) is 0 Å². The highest BCUT2D eigenvalue weighted by Crippen LogP contribution is 2.48. The number of benzene rings is 18. The molecule has 0 saturated carbocycles. The minimum Gasteiger partial charge on any atom is -0.458 e. The summed E-state index contributed by atoms with van der Waals surface area (Å²) in [5.74, 6) is 7.02. The average molecular weight is 1300 g/mol. The minimum absolute atomic E-state index is 0.0658. The van der Waals surface area contributed by atoms with Gasteiger partial charge in [0.25, 0.3) is 13.4 Å². The molecule has 0 aliphatic carbocycles. The Labute approximate surface area is 590 Å². The van der Waals surface area contributed by atoms with Gasteiger partial charge < -0.3 is 18.9 Å². The predicted octanol–water partition coefficient (Wildman–Crippen LogP) is 21.7. The summed E-state index contributed by atoms with van der Waals surface area (Å²) in [6.45, 7) is 0.138. The summed E-state index contributed by atoms with van der Waals surface area (Å²) in [7, 11) is 0. The average Bonchev–Trinajstić information content (AvgIpc) is 0.753. The third-order valence-corrected chi connectivity index (χ3v) is 21.5. The van der Waals surface area contributed by atoms with Crippen molar-refractivity contribution < 1.29 is 18.9 Å². The van der Waals surface area contributed by atoms with Crippen LogP contribution < -0.4 is 51.7 Å². The van der Waals surface area contributed by atoms with Gasteiger partial charge in [0.05, 0.1) is 0 Å². The summed E-state index contributed by atoms with van der Waals surface area (Å²) in [5, 5.41) is 14.9. The summed E-state index contributed by atoms with van der Waals surface area (Å²) in [6, 6.07) is 126. The van der Waals surface area contributed by atoms with E-state index in [2.05, 4.69) is 328 Å². The van der Waals surface area contributed by atoms with Gasteiger partial charge in [-0.05, 0) is 226 Å². The molecule has 0 fully saturated rings. The fourth-order valence-corrected chi connectivity index (χ4v) is 17.0. The molecule has 0 amide bonds. The lowest BCUT2D eigenvalue weighted by Crippen LogP contribution is -2.57. The van der Waals surface area contributed by atoms with Crippen LogP contribution in [0.25, 0.3) is 131 Å². The van der Waals surface area contributed by atoms with E-state index in [9.17, 15) is 0 Å². The summed E-state index contributed by atoms with van der Waals surface area (Å²) in [4.78, 5) is 0. The Hall–Kier alpha value is -13.2. The van der Waals surface area contributed by atoms with E-state index in [0.717, 1.165) is 79.2 Å². The molecule has 0 radical (unpaired) electrons. The predicted molar refractivity (Wildman–Crippen MR) is 426 cm³/mol. The molecule has 4 aliphatic heterocycles. The largest absolute Gasteiger partial charge is 0.458 e. The number of hydrogen-bond acceptors (Lipinski definition) is 4. The van der Waals surface area contributed by atoms with Crippen LogP contribution in [-0.4, -0.2) is 13.4 Å². The zero-order valence-corrected chi connectivity index (χ0v) is 55.3. The molecule has 0 spiro atoms. The molecule has 0 saturated heterocycles. The maximum absolute atomic E-state index is 6.61. The van der Waals surface area contributed by atoms with Gasteiger partial charge in [0.2, 0.25) is 0 Å². The zero-order valence-electron chi connectivity index (χ0n) is 55.3. The fourth-order valence-electron chi connectivity index (χ4n) is 17.0. The lowest BCUT2D eigenvalue weighted by Gasteiger charge is -2.33. The van der Waals surface area contributed by atoms with Crippen LogP contribution in [0, 0.1) is 0 Å². The molecular formula is C96H58B2O4. The normalized spacial score (nSPS) is 12.6. The highest BCUT2D eigenvalue weighted by atomic mass is 16.5. The molecule has 0 N–H and O–H groups in total. The summed E-state index contributed by atoms with van der Waals surface area (Å²) < 4.78 is 26.4. The van der Waals surface area contributed by atoms with Crippen LogP contribution in [0.4, 0.5) is 0 Å². The maximum Gasteiger partial charge on any atom is 0.260 e. The molecule has 0 bridgehead atoms. The first-order chi connectivity index (χ1) is 50.6. The first kappa shape index (κ1) is 57.9. The SMILES string of the molecule is c1ccc(-c2c3ccccc3c(-c3ccc4cc(-c5cc6c7c(c5)Oc5ccccc5B7c5ccccc5O6)ccc4c3)c3ccccc23)cc1.c1ccc(-c2c3ccccc3c(-c3ccc4ccc(-c5cc6c7c(c5)Oc5ccccc5B7c5ccccc5O6)cc4c3)c3ccccc23)cc1. The second-order valence-electron chi connectivity index (χ2n) is 27.2. The van der Waals surface area contributed by atoms with E-state index < -0.39 is 0 Å². The van der Waals surface area contributed by atoms with Crippen molar-refractivity contribution in [3.05, 3.63) is 352 Å². The van der Waals surface area contributed by atoms with Gasteiger partial charge >= 0.3 is 0 Å². The molecule has 18 aromatic rings. The van der Waals surface area contributed by atoms with Crippen molar-refractivity contribution in [1.82, 2.24) is 0 Å². The first-order valence-electron chi connectivity index (χ1n) is 35.1. The van der Waals surface area contributed by atoms with Gasteiger partial charge in [0, 0.05) is 10.9 Å². The molecular weight excluding hydrogens is 1240 g/mol. The molecule has 4 aliphatic rings. The third kappa shape index (κ3) is 9.26. The molecule has 102 heavy (non-hydrogen) atoms. The Morgan fingerprint density at radius 3 is 0.735 bits per heavy atom. The summed E-state index contributed by atoms with van der Waals surface area (Å²) >= 11 is 0. The smallest absolute Gasteiger partial charge is 0.260 e.